The predicted molar refractivity (Wildman–Crippen MR) is 83.5 cm³/mol. The standard InChI is InChI=1S/C14H17F3N4O3S/c1-3-10-4-6-11(7-5-10)25(23,24)18-8-9-21-13(22)20(2)12(19-21)14(15,16)17/h4-7,18H,3,8-9H2,1-2H3. The molecule has 2 rings (SSSR count). The number of rotatable bonds is 6. The number of halogens is 3. The molecular formula is C14H17F3N4O3S. The zero-order valence-electron chi connectivity index (χ0n) is 13.5. The fourth-order valence-corrected chi connectivity index (χ4v) is 3.18. The monoisotopic (exact) mass is 378 g/mol. The van der Waals surface area contributed by atoms with Gasteiger partial charge in [-0.25, -0.2) is 22.6 Å². The number of benzene rings is 1. The van der Waals surface area contributed by atoms with Gasteiger partial charge in [-0.15, -0.1) is 5.10 Å². The Labute approximate surface area is 142 Å². The highest BCUT2D eigenvalue weighted by Crippen LogP contribution is 2.25. The first-order valence-corrected chi connectivity index (χ1v) is 8.84. The van der Waals surface area contributed by atoms with E-state index in [9.17, 15) is 26.4 Å². The summed E-state index contributed by atoms with van der Waals surface area (Å²) < 4.78 is 65.5. The van der Waals surface area contributed by atoms with Gasteiger partial charge in [0.2, 0.25) is 15.8 Å². The van der Waals surface area contributed by atoms with Crippen molar-refractivity contribution in [2.75, 3.05) is 6.54 Å². The molecule has 1 aromatic heterocycles. The fourth-order valence-electron chi connectivity index (χ4n) is 2.15. The Bertz CT molecular complexity index is 899. The second-order valence-electron chi connectivity index (χ2n) is 5.28. The van der Waals surface area contributed by atoms with Gasteiger partial charge in [0.25, 0.3) is 0 Å². The van der Waals surface area contributed by atoms with Crippen LogP contribution in [0.4, 0.5) is 13.2 Å². The Kier molecular flexibility index (Phi) is 5.37. The largest absolute Gasteiger partial charge is 0.451 e. The Hall–Kier alpha value is -2.14. The zero-order valence-corrected chi connectivity index (χ0v) is 14.4. The van der Waals surface area contributed by atoms with Gasteiger partial charge >= 0.3 is 11.9 Å². The summed E-state index contributed by atoms with van der Waals surface area (Å²) in [5.74, 6) is -1.34. The first kappa shape index (κ1) is 19.2. The molecule has 1 heterocycles. The highest BCUT2D eigenvalue weighted by molar-refractivity contribution is 7.89. The van der Waals surface area contributed by atoms with Crippen LogP contribution in [-0.2, 0) is 36.2 Å². The van der Waals surface area contributed by atoms with Crippen LogP contribution in [0.25, 0.3) is 0 Å². The Morgan fingerprint density at radius 2 is 1.80 bits per heavy atom. The normalized spacial score (nSPS) is 12.5. The lowest BCUT2D eigenvalue weighted by Crippen LogP contribution is -2.31. The maximum absolute atomic E-state index is 12.7. The number of hydrogen-bond acceptors (Lipinski definition) is 4. The third kappa shape index (κ3) is 4.28. The molecule has 7 nitrogen and oxygen atoms in total. The van der Waals surface area contributed by atoms with E-state index in [4.69, 9.17) is 0 Å². The molecule has 0 spiro atoms. The molecule has 138 valence electrons. The van der Waals surface area contributed by atoms with E-state index in [0.29, 0.717) is 9.25 Å². The average molecular weight is 378 g/mol. The zero-order chi connectivity index (χ0) is 18.8. The SMILES string of the molecule is CCc1ccc(S(=O)(=O)NCCn2nc(C(F)(F)F)n(C)c2=O)cc1. The first-order valence-electron chi connectivity index (χ1n) is 7.36. The predicted octanol–water partition coefficient (Wildman–Crippen LogP) is 1.14. The van der Waals surface area contributed by atoms with Gasteiger partial charge in [0, 0.05) is 13.6 Å². The van der Waals surface area contributed by atoms with Crippen molar-refractivity contribution in [2.45, 2.75) is 31.0 Å². The van der Waals surface area contributed by atoms with Crippen LogP contribution < -0.4 is 10.4 Å². The van der Waals surface area contributed by atoms with Crippen molar-refractivity contribution in [3.63, 3.8) is 0 Å². The molecule has 0 saturated carbocycles. The van der Waals surface area contributed by atoms with Gasteiger partial charge in [-0.2, -0.15) is 13.2 Å². The Balaban J connectivity index is 2.08. The van der Waals surface area contributed by atoms with Crippen LogP contribution in [0.1, 0.15) is 18.3 Å². The van der Waals surface area contributed by atoms with E-state index >= 15 is 0 Å². The van der Waals surface area contributed by atoms with Crippen LogP contribution in [-0.4, -0.2) is 29.3 Å². The van der Waals surface area contributed by atoms with Crippen molar-refractivity contribution in [3.8, 4) is 0 Å². The summed E-state index contributed by atoms with van der Waals surface area (Å²) in [5, 5.41) is 3.20. The maximum atomic E-state index is 12.7. The van der Waals surface area contributed by atoms with Crippen molar-refractivity contribution in [2.24, 2.45) is 7.05 Å². The molecule has 2 aromatic rings. The Morgan fingerprint density at radius 1 is 1.20 bits per heavy atom. The lowest BCUT2D eigenvalue weighted by Gasteiger charge is -2.07. The highest BCUT2D eigenvalue weighted by atomic mass is 32.2. The van der Waals surface area contributed by atoms with Crippen LogP contribution in [0, 0.1) is 0 Å². The van der Waals surface area contributed by atoms with Gasteiger partial charge in [0.1, 0.15) is 0 Å². The van der Waals surface area contributed by atoms with E-state index in [-0.39, 0.29) is 18.0 Å². The second-order valence-corrected chi connectivity index (χ2v) is 7.05. The van der Waals surface area contributed by atoms with Gasteiger partial charge in [-0.05, 0) is 24.1 Å². The quantitative estimate of drug-likeness (QED) is 0.817. The van der Waals surface area contributed by atoms with Crippen LogP contribution in [0.5, 0.6) is 0 Å². The third-order valence-corrected chi connectivity index (χ3v) is 5.03. The number of sulfonamides is 1. The summed E-state index contributed by atoms with van der Waals surface area (Å²) in [6, 6.07) is 6.23. The van der Waals surface area contributed by atoms with Gasteiger partial charge in [0.15, 0.2) is 0 Å². The topological polar surface area (TPSA) is 86.0 Å². The van der Waals surface area contributed by atoms with E-state index < -0.39 is 27.7 Å². The molecule has 11 heteroatoms. The summed E-state index contributed by atoms with van der Waals surface area (Å²) in [7, 11) is -2.87. The minimum Gasteiger partial charge on any atom is -0.274 e. The lowest BCUT2D eigenvalue weighted by molar-refractivity contribution is -0.147. The van der Waals surface area contributed by atoms with E-state index in [1.807, 2.05) is 6.92 Å². The molecule has 25 heavy (non-hydrogen) atoms. The summed E-state index contributed by atoms with van der Waals surface area (Å²) in [6.07, 6.45) is -4.00. The van der Waals surface area contributed by atoms with Crippen molar-refractivity contribution >= 4 is 10.0 Å². The van der Waals surface area contributed by atoms with Crippen molar-refractivity contribution in [3.05, 3.63) is 46.1 Å². The highest BCUT2D eigenvalue weighted by Gasteiger charge is 2.37. The fraction of sp³-hybridized carbons (Fsp3) is 0.429. The summed E-state index contributed by atoms with van der Waals surface area (Å²) in [6.45, 7) is 1.34. The molecule has 0 amide bonds. The van der Waals surface area contributed by atoms with E-state index in [2.05, 4.69) is 9.82 Å². The molecule has 0 fully saturated rings. The number of alkyl halides is 3. The molecule has 0 aliphatic heterocycles. The van der Waals surface area contributed by atoms with E-state index in [0.717, 1.165) is 19.0 Å². The van der Waals surface area contributed by atoms with Crippen LogP contribution in [0.3, 0.4) is 0 Å². The molecule has 0 unspecified atom stereocenters. The number of nitrogens with one attached hydrogen (secondary N) is 1. The van der Waals surface area contributed by atoms with E-state index in [1.165, 1.54) is 12.1 Å². The molecule has 0 aliphatic carbocycles. The molecule has 1 N–H and O–H groups in total. The number of hydrogen-bond donors (Lipinski definition) is 1. The van der Waals surface area contributed by atoms with Crippen LogP contribution >= 0.6 is 0 Å². The molecule has 0 saturated heterocycles. The minimum absolute atomic E-state index is 0.0362. The molecule has 0 aliphatic rings. The van der Waals surface area contributed by atoms with Gasteiger partial charge < -0.3 is 0 Å². The van der Waals surface area contributed by atoms with Gasteiger partial charge in [0.05, 0.1) is 11.4 Å². The van der Waals surface area contributed by atoms with Crippen LogP contribution in [0.15, 0.2) is 34.0 Å². The van der Waals surface area contributed by atoms with Crippen molar-refractivity contribution in [1.82, 2.24) is 19.1 Å². The third-order valence-electron chi connectivity index (χ3n) is 3.55. The number of nitrogens with zero attached hydrogens (tertiary/aromatic N) is 3. The van der Waals surface area contributed by atoms with Crippen LogP contribution in [0.2, 0.25) is 0 Å². The summed E-state index contributed by atoms with van der Waals surface area (Å²) >= 11 is 0. The number of aryl methyl sites for hydroxylation is 1. The van der Waals surface area contributed by atoms with Gasteiger partial charge in [-0.3, -0.25) is 4.57 Å². The maximum Gasteiger partial charge on any atom is 0.451 e. The summed E-state index contributed by atoms with van der Waals surface area (Å²) in [5.41, 5.74) is -0.00232. The van der Waals surface area contributed by atoms with Crippen molar-refractivity contribution < 1.29 is 21.6 Å². The molecule has 0 atom stereocenters. The molecule has 0 bridgehead atoms. The average Bonchev–Trinajstić information content (AvgIpc) is 2.83. The van der Waals surface area contributed by atoms with E-state index in [1.54, 1.807) is 12.1 Å². The lowest BCUT2D eigenvalue weighted by atomic mass is 10.2. The second kappa shape index (κ2) is 7.00. The smallest absolute Gasteiger partial charge is 0.274 e. The first-order chi connectivity index (χ1) is 11.6. The van der Waals surface area contributed by atoms with Crippen molar-refractivity contribution in [1.29, 1.82) is 0 Å². The number of aromatic nitrogens is 3. The van der Waals surface area contributed by atoms with Gasteiger partial charge in [-0.1, -0.05) is 19.1 Å². The Morgan fingerprint density at radius 3 is 2.28 bits per heavy atom. The minimum atomic E-state index is -4.76. The molecular weight excluding hydrogens is 361 g/mol. The summed E-state index contributed by atoms with van der Waals surface area (Å²) in [4.78, 5) is 11.8. The molecule has 1 aromatic carbocycles. The molecule has 0 radical (unpaired) electrons.